The number of nitrogens with zero attached hydrogens (tertiary/aromatic N) is 2. The number of hydroxylamine groups is 1. The van der Waals surface area contributed by atoms with Crippen molar-refractivity contribution in [2.45, 2.75) is 26.7 Å². The molecule has 0 spiro atoms. The standard InChI is InChI=1S/C26H25N3O2/c1-4-17-6-10-19(11-7-17)24-25(20-12-8-18(5-2)9-13-20)28-23-16-21(26(30)29-31-3)14-15-22(23)27-24/h6-16H,4-5H2,1-3H3,(H,29,30). The zero-order valence-electron chi connectivity index (χ0n) is 18.0. The molecular formula is C26H25N3O2. The number of carbonyl (C=O) groups excluding carboxylic acids is 1. The van der Waals surface area contributed by atoms with E-state index < -0.39 is 0 Å². The summed E-state index contributed by atoms with van der Waals surface area (Å²) in [7, 11) is 1.41. The maximum absolute atomic E-state index is 12.2. The van der Waals surface area contributed by atoms with E-state index in [1.807, 2.05) is 6.07 Å². The first-order chi connectivity index (χ1) is 15.1. The van der Waals surface area contributed by atoms with Gasteiger partial charge >= 0.3 is 0 Å². The highest BCUT2D eigenvalue weighted by molar-refractivity contribution is 5.97. The van der Waals surface area contributed by atoms with Crippen molar-refractivity contribution >= 4 is 16.9 Å². The van der Waals surface area contributed by atoms with Crippen molar-refractivity contribution < 1.29 is 9.63 Å². The van der Waals surface area contributed by atoms with Crippen LogP contribution in [0.5, 0.6) is 0 Å². The summed E-state index contributed by atoms with van der Waals surface area (Å²) in [5, 5.41) is 0. The predicted molar refractivity (Wildman–Crippen MR) is 124 cm³/mol. The Morgan fingerprint density at radius 3 is 1.77 bits per heavy atom. The summed E-state index contributed by atoms with van der Waals surface area (Å²) in [6.45, 7) is 4.28. The van der Waals surface area contributed by atoms with Crippen LogP contribution in [0.2, 0.25) is 0 Å². The number of aromatic nitrogens is 2. The van der Waals surface area contributed by atoms with Gasteiger partial charge in [-0.15, -0.1) is 0 Å². The molecule has 3 aromatic carbocycles. The number of amides is 1. The van der Waals surface area contributed by atoms with Crippen LogP contribution in [-0.2, 0) is 17.7 Å². The summed E-state index contributed by atoms with van der Waals surface area (Å²) < 4.78 is 0. The topological polar surface area (TPSA) is 64.1 Å². The van der Waals surface area contributed by atoms with Crippen molar-refractivity contribution in [1.29, 1.82) is 0 Å². The molecule has 0 saturated carbocycles. The van der Waals surface area contributed by atoms with Gasteiger partial charge in [0, 0.05) is 16.7 Å². The van der Waals surface area contributed by atoms with Gasteiger partial charge in [0.25, 0.3) is 5.91 Å². The molecule has 31 heavy (non-hydrogen) atoms. The SMILES string of the molecule is CCc1ccc(-c2nc3ccc(C(=O)NOC)cc3nc2-c2ccc(CC)cc2)cc1. The van der Waals surface area contributed by atoms with Gasteiger partial charge in [-0.1, -0.05) is 62.4 Å². The molecule has 0 unspecified atom stereocenters. The van der Waals surface area contributed by atoms with E-state index in [9.17, 15) is 4.79 Å². The van der Waals surface area contributed by atoms with Crippen molar-refractivity contribution in [3.05, 3.63) is 83.4 Å². The summed E-state index contributed by atoms with van der Waals surface area (Å²) in [6.07, 6.45) is 1.97. The third-order valence-corrected chi connectivity index (χ3v) is 5.39. The average molecular weight is 412 g/mol. The lowest BCUT2D eigenvalue weighted by Crippen LogP contribution is -2.21. The van der Waals surface area contributed by atoms with Crippen molar-refractivity contribution in [2.75, 3.05) is 7.11 Å². The third-order valence-electron chi connectivity index (χ3n) is 5.39. The Labute approximate surface area is 182 Å². The molecular weight excluding hydrogens is 386 g/mol. The van der Waals surface area contributed by atoms with E-state index in [0.29, 0.717) is 11.1 Å². The largest absolute Gasteiger partial charge is 0.277 e. The smallest absolute Gasteiger partial charge is 0.274 e. The first kappa shape index (κ1) is 20.7. The first-order valence-electron chi connectivity index (χ1n) is 10.5. The van der Waals surface area contributed by atoms with E-state index in [1.54, 1.807) is 12.1 Å². The molecule has 0 aliphatic carbocycles. The van der Waals surface area contributed by atoms with Gasteiger partial charge in [-0.25, -0.2) is 15.4 Å². The highest BCUT2D eigenvalue weighted by Gasteiger charge is 2.15. The lowest BCUT2D eigenvalue weighted by Gasteiger charge is -2.12. The lowest BCUT2D eigenvalue weighted by atomic mass is 10.0. The maximum Gasteiger partial charge on any atom is 0.274 e. The van der Waals surface area contributed by atoms with E-state index in [1.165, 1.54) is 18.2 Å². The van der Waals surface area contributed by atoms with Gasteiger partial charge in [-0.05, 0) is 42.2 Å². The number of hydrogen-bond acceptors (Lipinski definition) is 4. The molecule has 0 saturated heterocycles. The molecule has 5 heteroatoms. The molecule has 1 amide bonds. The van der Waals surface area contributed by atoms with Crippen LogP contribution in [0.25, 0.3) is 33.5 Å². The minimum atomic E-state index is -0.320. The van der Waals surface area contributed by atoms with Gasteiger partial charge in [0.05, 0.1) is 29.5 Å². The molecule has 4 rings (SSSR count). The van der Waals surface area contributed by atoms with Gasteiger partial charge in [0.2, 0.25) is 0 Å². The number of nitrogens with one attached hydrogen (secondary N) is 1. The van der Waals surface area contributed by atoms with Crippen LogP contribution in [0.3, 0.4) is 0 Å². The van der Waals surface area contributed by atoms with Gasteiger partial charge in [0.1, 0.15) is 0 Å². The number of aryl methyl sites for hydroxylation is 2. The Morgan fingerprint density at radius 1 is 0.774 bits per heavy atom. The van der Waals surface area contributed by atoms with Gasteiger partial charge in [-0.3, -0.25) is 9.63 Å². The Morgan fingerprint density at radius 2 is 1.29 bits per heavy atom. The molecule has 0 bridgehead atoms. The second-order valence-corrected chi connectivity index (χ2v) is 7.36. The van der Waals surface area contributed by atoms with Crippen molar-refractivity contribution in [2.24, 2.45) is 0 Å². The molecule has 0 aliphatic heterocycles. The second-order valence-electron chi connectivity index (χ2n) is 7.36. The monoisotopic (exact) mass is 411 g/mol. The molecule has 1 N–H and O–H groups in total. The molecule has 0 aliphatic rings. The highest BCUT2D eigenvalue weighted by atomic mass is 16.6. The first-order valence-corrected chi connectivity index (χ1v) is 10.5. The number of benzene rings is 3. The molecule has 1 aromatic heterocycles. The highest BCUT2D eigenvalue weighted by Crippen LogP contribution is 2.31. The van der Waals surface area contributed by atoms with Crippen molar-refractivity contribution in [1.82, 2.24) is 15.4 Å². The summed E-state index contributed by atoms with van der Waals surface area (Å²) in [5.41, 5.74) is 10.4. The Balaban J connectivity index is 1.90. The average Bonchev–Trinajstić information content (AvgIpc) is 2.83. The lowest BCUT2D eigenvalue weighted by molar-refractivity contribution is 0.0538. The van der Waals surface area contributed by atoms with Crippen LogP contribution >= 0.6 is 0 Å². The van der Waals surface area contributed by atoms with Crippen LogP contribution in [-0.4, -0.2) is 23.0 Å². The fourth-order valence-electron chi connectivity index (χ4n) is 3.55. The third kappa shape index (κ3) is 4.32. The minimum Gasteiger partial charge on any atom is -0.277 e. The summed E-state index contributed by atoms with van der Waals surface area (Å²) in [5.74, 6) is -0.320. The van der Waals surface area contributed by atoms with Crippen LogP contribution < -0.4 is 5.48 Å². The van der Waals surface area contributed by atoms with E-state index >= 15 is 0 Å². The van der Waals surface area contributed by atoms with E-state index in [2.05, 4.69) is 67.9 Å². The molecule has 156 valence electrons. The molecule has 0 radical (unpaired) electrons. The molecule has 5 nitrogen and oxygen atoms in total. The van der Waals surface area contributed by atoms with Gasteiger partial charge < -0.3 is 0 Å². The number of rotatable bonds is 6. The zero-order valence-corrected chi connectivity index (χ0v) is 18.0. The molecule has 0 atom stereocenters. The fraction of sp³-hybridized carbons (Fsp3) is 0.192. The van der Waals surface area contributed by atoms with Crippen LogP contribution in [0.15, 0.2) is 66.7 Å². The van der Waals surface area contributed by atoms with Gasteiger partial charge in [0.15, 0.2) is 0 Å². The zero-order chi connectivity index (χ0) is 21.8. The summed E-state index contributed by atoms with van der Waals surface area (Å²) in [6, 6.07) is 22.1. The predicted octanol–water partition coefficient (Wildman–Crippen LogP) is 5.38. The van der Waals surface area contributed by atoms with Gasteiger partial charge in [-0.2, -0.15) is 0 Å². The van der Waals surface area contributed by atoms with Crippen molar-refractivity contribution in [3.63, 3.8) is 0 Å². The quantitative estimate of drug-likeness (QED) is 0.433. The molecule has 1 heterocycles. The minimum absolute atomic E-state index is 0.320. The maximum atomic E-state index is 12.2. The van der Waals surface area contributed by atoms with Crippen LogP contribution in [0, 0.1) is 0 Å². The molecule has 4 aromatic rings. The van der Waals surface area contributed by atoms with E-state index in [4.69, 9.17) is 14.8 Å². The van der Waals surface area contributed by atoms with Crippen molar-refractivity contribution in [3.8, 4) is 22.5 Å². The molecule has 0 fully saturated rings. The number of carbonyl (C=O) groups is 1. The van der Waals surface area contributed by atoms with E-state index in [0.717, 1.165) is 40.9 Å². The normalized spacial score (nSPS) is 10.9. The number of hydrogen-bond donors (Lipinski definition) is 1. The Hall–Kier alpha value is -3.57. The summed E-state index contributed by atoms with van der Waals surface area (Å²) >= 11 is 0. The van der Waals surface area contributed by atoms with Crippen LogP contribution in [0.1, 0.15) is 35.3 Å². The fourth-order valence-corrected chi connectivity index (χ4v) is 3.55. The Bertz CT molecular complexity index is 1220. The number of fused-ring (bicyclic) bond motifs is 1. The van der Waals surface area contributed by atoms with Crippen LogP contribution in [0.4, 0.5) is 0 Å². The Kier molecular flexibility index (Phi) is 6.05. The van der Waals surface area contributed by atoms with E-state index in [-0.39, 0.29) is 5.91 Å². The summed E-state index contributed by atoms with van der Waals surface area (Å²) in [4.78, 5) is 26.8. The second kappa shape index (κ2) is 9.06.